The SMILES string of the molecule is Cc1cc(C(=O)N2Cc3c(C(=O)NCc4ccccc4-c4n[nH]c(=O)n4C)n(-c4ccc(N5CC6(CN(C)C6)C5)cc4)c(=O)n3C[C@@H]2C)ccc1Br.[HH]. The number of H-pyrrole nitrogens is 1. The summed E-state index contributed by atoms with van der Waals surface area (Å²) in [5.74, 6) is -0.188. The maximum absolute atomic E-state index is 14.4. The van der Waals surface area contributed by atoms with E-state index in [1.807, 2.05) is 74.5 Å². The summed E-state index contributed by atoms with van der Waals surface area (Å²) >= 11 is 3.52. The molecule has 3 aliphatic rings. The van der Waals surface area contributed by atoms with Crippen LogP contribution >= 0.6 is 15.9 Å². The van der Waals surface area contributed by atoms with Crippen LogP contribution in [0.15, 0.2) is 80.8 Å². The van der Waals surface area contributed by atoms with E-state index in [9.17, 15) is 19.2 Å². The summed E-state index contributed by atoms with van der Waals surface area (Å²) < 4.78 is 5.42. The van der Waals surface area contributed by atoms with Crippen molar-refractivity contribution in [3.05, 3.63) is 120 Å². The van der Waals surface area contributed by atoms with Gasteiger partial charge in [0.05, 0.1) is 17.9 Å². The van der Waals surface area contributed by atoms with E-state index in [-0.39, 0.29) is 50.1 Å². The number of carbonyl (C=O) groups is 2. The van der Waals surface area contributed by atoms with Crippen LogP contribution in [0.4, 0.5) is 5.69 Å². The molecule has 0 aliphatic carbocycles. The highest BCUT2D eigenvalue weighted by molar-refractivity contribution is 9.10. The van der Waals surface area contributed by atoms with Gasteiger partial charge in [-0.3, -0.25) is 23.3 Å². The first kappa shape index (κ1) is 33.9. The third-order valence-corrected chi connectivity index (χ3v) is 11.6. The number of hydrogen-bond donors (Lipinski definition) is 2. The Morgan fingerprint density at radius 1 is 1.00 bits per heavy atom. The molecule has 2 aromatic heterocycles. The number of benzene rings is 3. The summed E-state index contributed by atoms with van der Waals surface area (Å²) in [6, 6.07) is 20.4. The van der Waals surface area contributed by atoms with Crippen LogP contribution in [0.3, 0.4) is 0 Å². The molecule has 2 fully saturated rings. The molecule has 1 atom stereocenters. The highest BCUT2D eigenvalue weighted by Gasteiger charge is 2.50. The van der Waals surface area contributed by atoms with Crippen LogP contribution in [0.2, 0.25) is 0 Å². The lowest BCUT2D eigenvalue weighted by atomic mass is 9.73. The molecule has 2 saturated heterocycles. The molecule has 3 aromatic carbocycles. The second-order valence-corrected chi connectivity index (χ2v) is 15.4. The molecule has 5 aromatic rings. The number of aromatic nitrogens is 5. The summed E-state index contributed by atoms with van der Waals surface area (Å²) in [6.45, 7) is 8.49. The molecule has 0 radical (unpaired) electrons. The Bertz CT molecular complexity index is 2350. The lowest BCUT2D eigenvalue weighted by Crippen LogP contribution is -2.71. The van der Waals surface area contributed by atoms with Crippen molar-refractivity contribution in [2.75, 3.05) is 38.1 Å². The van der Waals surface area contributed by atoms with E-state index in [2.05, 4.69) is 48.3 Å². The Morgan fingerprint density at radius 2 is 1.71 bits per heavy atom. The molecule has 270 valence electrons. The number of amides is 2. The number of nitrogens with one attached hydrogen (secondary N) is 2. The molecule has 5 heterocycles. The van der Waals surface area contributed by atoms with Gasteiger partial charge in [-0.05, 0) is 74.5 Å². The van der Waals surface area contributed by atoms with Gasteiger partial charge in [-0.15, -0.1) is 0 Å². The molecule has 2 N–H and O–H groups in total. The van der Waals surface area contributed by atoms with E-state index in [4.69, 9.17) is 0 Å². The van der Waals surface area contributed by atoms with Crippen molar-refractivity contribution in [3.63, 3.8) is 0 Å². The van der Waals surface area contributed by atoms with Crippen LogP contribution in [0, 0.1) is 12.3 Å². The van der Waals surface area contributed by atoms with Gasteiger partial charge in [0.15, 0.2) is 5.82 Å². The monoisotopic (exact) mass is 767 g/mol. The standard InChI is InChI=1S/C38H40BrN9O4.H2/c1-23-15-25(9-14-30(23)39)35(50)46-18-31-32(34(49)40-16-26-7-5-6-8-29(26)33-41-42-36(51)44(33)4)48(37(52)47(31)17-24(46)2)28-12-10-27(11-13-28)45-21-38(22-45)19-43(3)20-38;/h5-15,24H,16-22H2,1-4H3,(H,40,49)(H,42,51);1H/t24-;/m0./s1. The second-order valence-electron chi connectivity index (χ2n) is 14.6. The number of aromatic amines is 1. The number of likely N-dealkylation sites (tertiary alicyclic amines) is 1. The van der Waals surface area contributed by atoms with Gasteiger partial charge in [0.1, 0.15) is 5.69 Å². The minimum atomic E-state index is -0.458. The van der Waals surface area contributed by atoms with E-state index >= 15 is 0 Å². The third-order valence-electron chi connectivity index (χ3n) is 10.7. The zero-order valence-corrected chi connectivity index (χ0v) is 31.1. The van der Waals surface area contributed by atoms with Crippen LogP contribution in [-0.4, -0.2) is 84.8 Å². The summed E-state index contributed by atoms with van der Waals surface area (Å²) in [5.41, 5.74) is 4.88. The molecule has 52 heavy (non-hydrogen) atoms. The Kier molecular flexibility index (Phi) is 8.33. The van der Waals surface area contributed by atoms with E-state index in [1.54, 1.807) is 22.6 Å². The number of hydrogen-bond acceptors (Lipinski definition) is 7. The average molecular weight is 769 g/mol. The first-order chi connectivity index (χ1) is 24.9. The molecule has 1 spiro atoms. The molecule has 3 aliphatic heterocycles. The van der Waals surface area contributed by atoms with Crippen LogP contribution in [0.1, 0.15) is 46.0 Å². The maximum atomic E-state index is 14.4. The van der Waals surface area contributed by atoms with Gasteiger partial charge in [0.25, 0.3) is 11.8 Å². The predicted octanol–water partition coefficient (Wildman–Crippen LogP) is 3.77. The fourth-order valence-corrected chi connectivity index (χ4v) is 8.35. The smallest absolute Gasteiger partial charge is 0.343 e. The zero-order chi connectivity index (χ0) is 36.5. The van der Waals surface area contributed by atoms with Crippen LogP contribution < -0.4 is 21.6 Å². The van der Waals surface area contributed by atoms with Gasteiger partial charge >= 0.3 is 11.4 Å². The number of fused-ring (bicyclic) bond motifs is 1. The van der Waals surface area contributed by atoms with Crippen molar-refractivity contribution in [2.24, 2.45) is 12.5 Å². The minimum absolute atomic E-state index is 0. The molecule has 13 nitrogen and oxygen atoms in total. The molecule has 14 heteroatoms. The lowest BCUT2D eigenvalue weighted by molar-refractivity contribution is -0.00238. The number of anilines is 1. The van der Waals surface area contributed by atoms with Crippen molar-refractivity contribution in [2.45, 2.75) is 39.5 Å². The van der Waals surface area contributed by atoms with Crippen LogP contribution in [-0.2, 0) is 26.7 Å². The topological polar surface area (TPSA) is 134 Å². The molecule has 0 unspecified atom stereocenters. The number of imidazole rings is 1. The van der Waals surface area contributed by atoms with Gasteiger partial charge in [-0.25, -0.2) is 14.7 Å². The van der Waals surface area contributed by atoms with Crippen molar-refractivity contribution in [3.8, 4) is 17.1 Å². The van der Waals surface area contributed by atoms with E-state index in [0.717, 1.165) is 47.5 Å². The highest BCUT2D eigenvalue weighted by atomic mass is 79.9. The Morgan fingerprint density at radius 3 is 2.38 bits per heavy atom. The van der Waals surface area contributed by atoms with Crippen molar-refractivity contribution >= 4 is 33.4 Å². The zero-order valence-electron chi connectivity index (χ0n) is 29.5. The summed E-state index contributed by atoms with van der Waals surface area (Å²) in [6.07, 6.45) is 0. The number of halogens is 1. The number of nitrogens with zero attached hydrogens (tertiary/aromatic N) is 7. The van der Waals surface area contributed by atoms with Gasteiger partial charge in [0, 0.05) is 80.5 Å². The largest absolute Gasteiger partial charge is 0.370 e. The molecular weight excluding hydrogens is 726 g/mol. The van der Waals surface area contributed by atoms with Gasteiger partial charge in [0.2, 0.25) is 0 Å². The second kappa shape index (κ2) is 12.8. The summed E-state index contributed by atoms with van der Waals surface area (Å²) in [5, 5.41) is 9.69. The minimum Gasteiger partial charge on any atom is -0.370 e. The highest BCUT2D eigenvalue weighted by Crippen LogP contribution is 2.41. The molecule has 0 bridgehead atoms. The summed E-state index contributed by atoms with van der Waals surface area (Å²) in [4.78, 5) is 61.2. The normalized spacial score (nSPS) is 17.8. The Labute approximate surface area is 310 Å². The van der Waals surface area contributed by atoms with Crippen molar-refractivity contribution < 1.29 is 11.0 Å². The van der Waals surface area contributed by atoms with Gasteiger partial charge in [-0.1, -0.05) is 40.2 Å². The first-order valence-corrected chi connectivity index (χ1v) is 18.2. The number of rotatable bonds is 7. The summed E-state index contributed by atoms with van der Waals surface area (Å²) in [7, 11) is 3.77. The van der Waals surface area contributed by atoms with Crippen LogP contribution in [0.25, 0.3) is 17.1 Å². The molecular formula is C38H42BrN9O4. The van der Waals surface area contributed by atoms with Crippen LogP contribution in [0.5, 0.6) is 0 Å². The Balaban J connectivity index is 0.00000435. The van der Waals surface area contributed by atoms with Crippen molar-refractivity contribution in [1.82, 2.24) is 39.0 Å². The van der Waals surface area contributed by atoms with Gasteiger partial charge in [-0.2, -0.15) is 5.10 Å². The first-order valence-electron chi connectivity index (χ1n) is 17.4. The van der Waals surface area contributed by atoms with E-state index < -0.39 is 5.91 Å². The van der Waals surface area contributed by atoms with E-state index in [0.29, 0.717) is 33.7 Å². The fourth-order valence-electron chi connectivity index (χ4n) is 8.10. The molecule has 0 saturated carbocycles. The lowest BCUT2D eigenvalue weighted by Gasteiger charge is -2.60. The maximum Gasteiger partial charge on any atom is 0.343 e. The van der Waals surface area contributed by atoms with E-state index in [1.165, 1.54) is 9.13 Å². The fraction of sp³-hybridized carbons (Fsp3) is 0.342. The van der Waals surface area contributed by atoms with Gasteiger partial charge < -0.3 is 20.0 Å². The quantitative estimate of drug-likeness (QED) is 0.258. The predicted molar refractivity (Wildman–Crippen MR) is 203 cm³/mol. The number of carbonyl (C=O) groups excluding carboxylic acids is 2. The Hall–Kier alpha value is -5.21. The molecule has 2 amide bonds. The average Bonchev–Trinajstić information content (AvgIpc) is 3.59. The molecule has 8 rings (SSSR count). The number of aryl methyl sites for hydroxylation is 1. The van der Waals surface area contributed by atoms with Crippen molar-refractivity contribution in [1.29, 1.82) is 0 Å². The third kappa shape index (κ3) is 5.70.